The Morgan fingerprint density at radius 2 is 2.30 bits per heavy atom. The van der Waals surface area contributed by atoms with Crippen molar-refractivity contribution in [2.45, 2.75) is 13.8 Å². The molecule has 0 aromatic carbocycles. The summed E-state index contributed by atoms with van der Waals surface area (Å²) in [5.74, 6) is 0.297. The molecule has 0 saturated heterocycles. The van der Waals surface area contributed by atoms with E-state index in [4.69, 9.17) is 0 Å². The molecule has 4 nitrogen and oxygen atoms in total. The molecule has 0 aliphatic carbocycles. The molecule has 0 radical (unpaired) electrons. The van der Waals surface area contributed by atoms with E-state index in [-0.39, 0.29) is 0 Å². The quantitative estimate of drug-likeness (QED) is 0.276. The molecule has 0 fully saturated rings. The lowest BCUT2D eigenvalue weighted by Gasteiger charge is -1.90. The predicted molar refractivity (Wildman–Crippen MR) is 39.4 cm³/mol. The number of oxime groups is 1. The highest BCUT2D eigenvalue weighted by Crippen LogP contribution is 2.15. The van der Waals surface area contributed by atoms with Crippen molar-refractivity contribution in [1.29, 1.82) is 0 Å². The molecule has 0 aliphatic rings. The smallest absolute Gasteiger partial charge is 0.393 e. The van der Waals surface area contributed by atoms with E-state index in [9.17, 15) is 4.57 Å². The summed E-state index contributed by atoms with van der Waals surface area (Å²) in [4.78, 5) is 4.63. The first-order valence-corrected chi connectivity index (χ1v) is 4.54. The Morgan fingerprint density at radius 1 is 1.70 bits per heavy atom. The lowest BCUT2D eigenvalue weighted by atomic mass is 10.8. The molecule has 0 heterocycles. The fraction of sp³-hybridized carbons (Fsp3) is 0.800. The highest BCUT2D eigenvalue weighted by atomic mass is 31.1. The van der Waals surface area contributed by atoms with Crippen molar-refractivity contribution in [1.82, 2.24) is 0 Å². The molecule has 0 bridgehead atoms. The van der Waals surface area contributed by atoms with Crippen LogP contribution in [0.2, 0.25) is 0 Å². The van der Waals surface area contributed by atoms with Crippen LogP contribution in [0.15, 0.2) is 5.16 Å². The van der Waals surface area contributed by atoms with Gasteiger partial charge in [0, 0.05) is 6.92 Å². The summed E-state index contributed by atoms with van der Waals surface area (Å²) in [5, 5.41) is 3.49. The molecule has 0 aromatic rings. The molecule has 5 heteroatoms. The van der Waals surface area contributed by atoms with E-state index in [1.807, 2.05) is 6.92 Å². The zero-order chi connectivity index (χ0) is 7.98. The first-order valence-electron chi connectivity index (χ1n) is 2.92. The fourth-order valence-corrected chi connectivity index (χ4v) is 0.764. The van der Waals surface area contributed by atoms with E-state index in [0.29, 0.717) is 12.5 Å². The van der Waals surface area contributed by atoms with Crippen LogP contribution in [0.4, 0.5) is 0 Å². The van der Waals surface area contributed by atoms with Gasteiger partial charge in [-0.15, -0.1) is 0 Å². The van der Waals surface area contributed by atoms with Gasteiger partial charge in [-0.05, 0) is 16.6 Å². The summed E-state index contributed by atoms with van der Waals surface area (Å²) in [5.41, 5.74) is 0. The molecule has 0 aromatic heterocycles. The maximum Gasteiger partial charge on any atom is 0.554 e. The predicted octanol–water partition coefficient (Wildman–Crippen LogP) is 1.75. The van der Waals surface area contributed by atoms with Gasteiger partial charge < -0.3 is 4.84 Å². The molecule has 1 unspecified atom stereocenters. The summed E-state index contributed by atoms with van der Waals surface area (Å²) in [6.07, 6.45) is 0. The lowest BCUT2D eigenvalue weighted by Crippen LogP contribution is -1.93. The van der Waals surface area contributed by atoms with Gasteiger partial charge in [-0.25, -0.2) is 4.52 Å². The largest absolute Gasteiger partial charge is 0.554 e. The minimum absolute atomic E-state index is 0.297. The van der Waals surface area contributed by atoms with Gasteiger partial charge in [0.1, 0.15) is 6.61 Å². The van der Waals surface area contributed by atoms with E-state index in [1.54, 1.807) is 6.92 Å². The zero-order valence-electron chi connectivity index (χ0n) is 6.33. The van der Waals surface area contributed by atoms with Crippen LogP contribution in [-0.4, -0.2) is 19.2 Å². The Balaban J connectivity index is 3.59. The van der Waals surface area contributed by atoms with Crippen LogP contribution in [0, 0.1) is 0 Å². The maximum absolute atomic E-state index is 10.4. The Morgan fingerprint density at radius 3 is 2.70 bits per heavy atom. The summed E-state index contributed by atoms with van der Waals surface area (Å²) in [7, 11) is -1.62. The summed E-state index contributed by atoms with van der Waals surface area (Å²) in [6.45, 7) is 5.34. The number of hydrogen-bond acceptors (Lipinski definition) is 4. The molecule has 58 valence electrons. The monoisotopic (exact) mass is 164 g/mol. The highest BCUT2D eigenvalue weighted by Gasteiger charge is 2.08. The maximum atomic E-state index is 10.4. The lowest BCUT2D eigenvalue weighted by molar-refractivity contribution is 0.153. The van der Waals surface area contributed by atoms with Gasteiger partial charge in [-0.3, -0.25) is 0 Å². The fourth-order valence-electron chi connectivity index (χ4n) is 0.358. The van der Waals surface area contributed by atoms with Crippen molar-refractivity contribution in [2.24, 2.45) is 5.16 Å². The highest BCUT2D eigenvalue weighted by molar-refractivity contribution is 7.38. The average molecular weight is 164 g/mol. The van der Waals surface area contributed by atoms with Crippen molar-refractivity contribution < 1.29 is 13.9 Å². The van der Waals surface area contributed by atoms with Crippen molar-refractivity contribution in [3.63, 3.8) is 0 Å². The van der Waals surface area contributed by atoms with Crippen molar-refractivity contribution >= 4 is 13.9 Å². The van der Waals surface area contributed by atoms with Crippen LogP contribution in [0.1, 0.15) is 13.8 Å². The van der Waals surface area contributed by atoms with Gasteiger partial charge in [0.05, 0.1) is 0 Å². The number of hydrogen-bond donors (Lipinski definition) is 0. The second-order valence-corrected chi connectivity index (χ2v) is 2.62. The van der Waals surface area contributed by atoms with Crippen LogP contribution in [-0.2, 0) is 13.9 Å². The normalized spacial score (nSPS) is 12.7. The Kier molecular flexibility index (Phi) is 4.85. The Labute approximate surface area is 61.1 Å². The minimum atomic E-state index is -1.62. The van der Waals surface area contributed by atoms with Crippen LogP contribution in [0.3, 0.4) is 0 Å². The third kappa shape index (κ3) is 5.51. The SMILES string of the molecule is CCO/N=C(/C)O[P+](C)=O. The van der Waals surface area contributed by atoms with E-state index < -0.39 is 8.03 Å². The van der Waals surface area contributed by atoms with Crippen LogP contribution >= 0.6 is 8.03 Å². The molecule has 0 aliphatic heterocycles. The average Bonchev–Trinajstić information content (AvgIpc) is 1.82. The van der Waals surface area contributed by atoms with Crippen LogP contribution in [0.5, 0.6) is 0 Å². The van der Waals surface area contributed by atoms with Gasteiger partial charge >= 0.3 is 8.03 Å². The molecule has 0 saturated carbocycles. The Bertz CT molecular complexity index is 146. The molecule has 0 rings (SSSR count). The minimum Gasteiger partial charge on any atom is -0.393 e. The molecule has 0 spiro atoms. The summed E-state index contributed by atoms with van der Waals surface area (Å²) in [6, 6.07) is 0. The van der Waals surface area contributed by atoms with Gasteiger partial charge in [-0.2, -0.15) is 0 Å². The second-order valence-electron chi connectivity index (χ2n) is 1.56. The molecule has 1 atom stereocenters. The van der Waals surface area contributed by atoms with Gasteiger partial charge in [-0.1, -0.05) is 0 Å². The molecule has 0 N–H and O–H groups in total. The zero-order valence-corrected chi connectivity index (χ0v) is 7.22. The number of rotatable bonds is 3. The third-order valence-electron chi connectivity index (χ3n) is 0.583. The van der Waals surface area contributed by atoms with Crippen LogP contribution in [0.25, 0.3) is 0 Å². The van der Waals surface area contributed by atoms with E-state index in [0.717, 1.165) is 0 Å². The van der Waals surface area contributed by atoms with Gasteiger partial charge in [0.15, 0.2) is 6.66 Å². The summed E-state index contributed by atoms with van der Waals surface area (Å²) < 4.78 is 15.1. The van der Waals surface area contributed by atoms with Gasteiger partial charge in [0.25, 0.3) is 5.90 Å². The molecule has 10 heavy (non-hydrogen) atoms. The second kappa shape index (κ2) is 5.18. The first kappa shape index (κ1) is 9.37. The van der Waals surface area contributed by atoms with Crippen molar-refractivity contribution in [2.75, 3.05) is 13.3 Å². The third-order valence-corrected chi connectivity index (χ3v) is 1.10. The van der Waals surface area contributed by atoms with Gasteiger partial charge in [0.2, 0.25) is 0 Å². The Hall–Kier alpha value is -0.630. The van der Waals surface area contributed by atoms with E-state index in [2.05, 4.69) is 14.5 Å². The van der Waals surface area contributed by atoms with Crippen molar-refractivity contribution in [3.8, 4) is 0 Å². The number of nitrogens with zero attached hydrogens (tertiary/aromatic N) is 1. The van der Waals surface area contributed by atoms with Crippen LogP contribution < -0.4 is 0 Å². The summed E-state index contributed by atoms with van der Waals surface area (Å²) >= 11 is 0. The van der Waals surface area contributed by atoms with E-state index >= 15 is 0 Å². The van der Waals surface area contributed by atoms with Crippen molar-refractivity contribution in [3.05, 3.63) is 0 Å². The van der Waals surface area contributed by atoms with E-state index in [1.165, 1.54) is 6.66 Å². The standard InChI is InChI=1S/C5H11NO3P/c1-4-8-6-5(2)9-10(3)7/h4H2,1-3H3/q+1/b6-5-. The molecule has 0 amide bonds. The molecular weight excluding hydrogens is 153 g/mol. The first-order chi connectivity index (χ1) is 4.66. The molecular formula is C5H11NO3P+. The topological polar surface area (TPSA) is 47.9 Å².